The van der Waals surface area contributed by atoms with Crippen molar-refractivity contribution in [2.45, 2.75) is 43.5 Å². The second-order valence-electron chi connectivity index (χ2n) is 10.9. The topological polar surface area (TPSA) is 143 Å². The molecule has 10 nitrogen and oxygen atoms in total. The van der Waals surface area contributed by atoms with Crippen LogP contribution in [0.25, 0.3) is 33.0 Å². The zero-order chi connectivity index (χ0) is 30.0. The number of pyridine rings is 1. The summed E-state index contributed by atoms with van der Waals surface area (Å²) in [7, 11) is -4.07. The molecule has 0 spiro atoms. The summed E-state index contributed by atoms with van der Waals surface area (Å²) in [5, 5.41) is 2.33. The van der Waals surface area contributed by atoms with E-state index in [1.165, 1.54) is 47.4 Å². The Bertz CT molecular complexity index is 2140. The molecule has 13 heteroatoms. The molecular weight excluding hydrogens is 582 g/mol. The van der Waals surface area contributed by atoms with E-state index in [4.69, 9.17) is 4.42 Å². The molecule has 0 atom stereocenters. The lowest BCUT2D eigenvalue weighted by Gasteiger charge is -2.14. The molecule has 220 valence electrons. The fourth-order valence-corrected chi connectivity index (χ4v) is 6.61. The van der Waals surface area contributed by atoms with Gasteiger partial charge in [-0.15, -0.1) is 0 Å². The molecule has 2 amide bonds. The van der Waals surface area contributed by atoms with E-state index in [1.807, 2.05) is 0 Å². The highest BCUT2D eigenvalue weighted by Gasteiger charge is 2.39. The van der Waals surface area contributed by atoms with Crippen molar-refractivity contribution in [1.82, 2.24) is 19.6 Å². The van der Waals surface area contributed by atoms with E-state index in [2.05, 4.69) is 15.0 Å². The number of carbonyl (C=O) groups excluding carboxylic acids is 2. The number of fused-ring (bicyclic) bond motifs is 3. The molecule has 0 unspecified atom stereocenters. The number of hydrogen-bond acceptors (Lipinski definition) is 6. The molecule has 7 rings (SSSR count). The summed E-state index contributed by atoms with van der Waals surface area (Å²) in [6, 6.07) is 9.32. The van der Waals surface area contributed by atoms with Crippen LogP contribution in [-0.4, -0.2) is 41.1 Å². The van der Waals surface area contributed by atoms with Gasteiger partial charge in [-0.3, -0.25) is 14.4 Å². The Hall–Kier alpha value is -4.78. The van der Waals surface area contributed by atoms with Crippen LogP contribution in [0, 0.1) is 11.6 Å². The van der Waals surface area contributed by atoms with Gasteiger partial charge in [0.15, 0.2) is 0 Å². The van der Waals surface area contributed by atoms with Crippen LogP contribution in [0.5, 0.6) is 0 Å². The predicted octanol–water partition coefficient (Wildman–Crippen LogP) is 4.18. The number of aromatic nitrogens is 2. The van der Waals surface area contributed by atoms with E-state index in [9.17, 15) is 22.8 Å². The molecule has 2 aliphatic rings. The third kappa shape index (κ3) is 4.79. The lowest BCUT2D eigenvalue weighted by Crippen LogP contribution is -2.35. The lowest BCUT2D eigenvalue weighted by atomic mass is 10.0. The predicted molar refractivity (Wildman–Crippen MR) is 153 cm³/mol. The number of rotatable bonds is 8. The van der Waals surface area contributed by atoms with E-state index in [0.717, 1.165) is 25.0 Å². The Balaban J connectivity index is 1.50. The normalized spacial score (nSPS) is 15.2. The molecule has 3 N–H and O–H groups in total. The summed E-state index contributed by atoms with van der Waals surface area (Å²) in [6.45, 7) is -0.407. The Morgan fingerprint density at radius 2 is 1.81 bits per heavy atom. The van der Waals surface area contributed by atoms with Gasteiger partial charge in [0.25, 0.3) is 17.4 Å². The molecule has 0 bridgehead atoms. The summed E-state index contributed by atoms with van der Waals surface area (Å²) in [4.78, 5) is 42.3. The van der Waals surface area contributed by atoms with Gasteiger partial charge in [-0.2, -0.15) is 0 Å². The maximum absolute atomic E-state index is 15.4. The number of amides is 2. The summed E-state index contributed by atoms with van der Waals surface area (Å²) < 4.78 is 65.4. The molecule has 2 aliphatic carbocycles. The molecule has 2 fully saturated rings. The van der Waals surface area contributed by atoms with Crippen molar-refractivity contribution in [1.29, 1.82) is 0 Å². The highest BCUT2D eigenvalue weighted by Crippen LogP contribution is 2.41. The number of sulfonamides is 1. The molecule has 0 radical (unpaired) electrons. The van der Waals surface area contributed by atoms with Crippen LogP contribution < -0.4 is 15.6 Å². The Morgan fingerprint density at radius 1 is 1.02 bits per heavy atom. The van der Waals surface area contributed by atoms with Crippen molar-refractivity contribution >= 4 is 43.7 Å². The van der Waals surface area contributed by atoms with Gasteiger partial charge in [0.2, 0.25) is 10.0 Å². The molecule has 2 aromatic carbocycles. The van der Waals surface area contributed by atoms with E-state index in [1.54, 1.807) is 0 Å². The number of nitrogens with one attached hydrogen (secondary N) is 3. The van der Waals surface area contributed by atoms with Crippen molar-refractivity contribution in [3.8, 4) is 11.1 Å². The first-order chi connectivity index (χ1) is 20.6. The lowest BCUT2D eigenvalue weighted by molar-refractivity contribution is 0.0947. The Morgan fingerprint density at radius 3 is 2.53 bits per heavy atom. The van der Waals surface area contributed by atoms with E-state index < -0.39 is 50.8 Å². The number of furan rings is 1. The van der Waals surface area contributed by atoms with Gasteiger partial charge < -0.3 is 19.3 Å². The van der Waals surface area contributed by atoms with E-state index >= 15 is 8.78 Å². The first kappa shape index (κ1) is 27.1. The van der Waals surface area contributed by atoms with E-state index in [0.29, 0.717) is 12.8 Å². The minimum atomic E-state index is -4.07. The smallest absolute Gasteiger partial charge is 0.282 e. The minimum Gasteiger partial charge on any atom is -0.463 e. The number of aromatic amines is 1. The van der Waals surface area contributed by atoms with Gasteiger partial charge in [-0.25, -0.2) is 21.9 Å². The second kappa shape index (κ2) is 9.90. The maximum atomic E-state index is 15.4. The van der Waals surface area contributed by atoms with E-state index in [-0.39, 0.29) is 55.9 Å². The molecule has 0 aliphatic heterocycles. The first-order valence-corrected chi connectivity index (χ1v) is 15.2. The number of benzene rings is 2. The number of halogens is 2. The number of nitrogens with zero attached hydrogens (tertiary/aromatic N) is 1. The van der Waals surface area contributed by atoms with Crippen LogP contribution in [0.4, 0.5) is 8.78 Å². The average molecular weight is 607 g/mol. The van der Waals surface area contributed by atoms with Crippen LogP contribution >= 0.6 is 0 Å². The van der Waals surface area contributed by atoms with Crippen LogP contribution in [0.3, 0.4) is 0 Å². The Kier molecular flexibility index (Phi) is 6.24. The summed E-state index contributed by atoms with van der Waals surface area (Å²) in [5.74, 6) is -2.89. The third-order valence-electron chi connectivity index (χ3n) is 7.77. The molecule has 0 saturated heterocycles. The quantitative estimate of drug-likeness (QED) is 0.242. The summed E-state index contributed by atoms with van der Waals surface area (Å²) in [6.07, 6.45) is 5.11. The van der Waals surface area contributed by atoms with Gasteiger partial charge in [-0.1, -0.05) is 0 Å². The van der Waals surface area contributed by atoms with Gasteiger partial charge >= 0.3 is 0 Å². The zero-order valence-electron chi connectivity index (χ0n) is 22.4. The van der Waals surface area contributed by atoms with Crippen molar-refractivity contribution in [3.63, 3.8) is 0 Å². The van der Waals surface area contributed by atoms with Crippen LogP contribution in [-0.2, 0) is 16.6 Å². The second-order valence-corrected chi connectivity index (χ2v) is 12.8. The van der Waals surface area contributed by atoms with Crippen molar-refractivity contribution in [3.05, 3.63) is 93.7 Å². The van der Waals surface area contributed by atoms with Gasteiger partial charge in [-0.05, 0) is 68.1 Å². The fraction of sp³-hybridized carbons (Fsp3) is 0.233. The van der Waals surface area contributed by atoms with Gasteiger partial charge in [0, 0.05) is 28.9 Å². The summed E-state index contributed by atoms with van der Waals surface area (Å²) in [5.41, 5.74) is -0.704. The Labute approximate surface area is 242 Å². The molecule has 2 saturated carbocycles. The summed E-state index contributed by atoms with van der Waals surface area (Å²) >= 11 is 0. The first-order valence-electron chi connectivity index (χ1n) is 13.7. The number of hydrogen-bond donors (Lipinski definition) is 3. The van der Waals surface area contributed by atoms with Crippen molar-refractivity contribution < 1.29 is 31.2 Å². The molecule has 43 heavy (non-hydrogen) atoms. The third-order valence-corrected chi connectivity index (χ3v) is 9.59. The average Bonchev–Trinajstić information content (AvgIpc) is 3.90. The fourth-order valence-electron chi connectivity index (χ4n) is 5.33. The number of H-pyrrole nitrogens is 1. The van der Waals surface area contributed by atoms with Crippen LogP contribution in [0.1, 0.15) is 52.1 Å². The molecular formula is C30H24F2N4O6S. The largest absolute Gasteiger partial charge is 0.463 e. The molecule has 3 aromatic heterocycles. The van der Waals surface area contributed by atoms with Crippen LogP contribution in [0.15, 0.2) is 64.1 Å². The SMILES string of the molecule is O=C(NC1CC1)c1ccc(F)c(Cn2c(C(=O)NS(=O)(=O)C3CC3)c(-c3ccc[nH]c3=O)c3c4occc4c(F)cc32)c1. The van der Waals surface area contributed by atoms with Gasteiger partial charge in [0.1, 0.15) is 22.9 Å². The zero-order valence-corrected chi connectivity index (χ0v) is 23.3. The minimum absolute atomic E-state index is 0.0108. The van der Waals surface area contributed by atoms with Crippen molar-refractivity contribution in [2.24, 2.45) is 0 Å². The van der Waals surface area contributed by atoms with Crippen molar-refractivity contribution in [2.75, 3.05) is 0 Å². The maximum Gasteiger partial charge on any atom is 0.282 e. The highest BCUT2D eigenvalue weighted by atomic mass is 32.2. The number of carbonyl (C=O) groups is 2. The highest BCUT2D eigenvalue weighted by molar-refractivity contribution is 7.91. The standard InChI is InChI=1S/C30H24F2N4O6S/c31-21-8-3-15(28(37)34-17-4-5-17)12-16(21)14-36-23-13-22(32)19-9-11-42-27(19)25(23)24(20-2-1-10-33-29(20)38)26(36)30(39)35-43(40,41)18-6-7-18/h1-3,8-13,17-18H,4-7,14H2,(H,33,38)(H,34,37)(H,35,39). The monoisotopic (exact) mass is 606 g/mol. The van der Waals surface area contributed by atoms with Crippen LogP contribution in [0.2, 0.25) is 0 Å². The van der Waals surface area contributed by atoms with Gasteiger partial charge in [0.05, 0.1) is 39.9 Å². The molecule has 3 heterocycles. The molecule has 5 aromatic rings.